The van der Waals surface area contributed by atoms with Crippen LogP contribution in [0, 0.1) is 5.92 Å². The molecule has 0 radical (unpaired) electrons. The molecule has 0 bridgehead atoms. The lowest BCUT2D eigenvalue weighted by molar-refractivity contribution is -0.00814. The monoisotopic (exact) mass is 241 g/mol. The molecule has 2 fully saturated rings. The third-order valence-electron chi connectivity index (χ3n) is 4.09. The van der Waals surface area contributed by atoms with Gasteiger partial charge in [-0.25, -0.2) is 0 Å². The summed E-state index contributed by atoms with van der Waals surface area (Å²) in [5, 5.41) is 3.66. The standard InChI is InChI=1S/C14H27NO2/c1-2-15-14(12-6-9-16-10-7-12)11-13-5-3-4-8-17-13/h12-15H,2-11H2,1H3. The van der Waals surface area contributed by atoms with Crippen molar-refractivity contribution in [2.75, 3.05) is 26.4 Å². The van der Waals surface area contributed by atoms with E-state index >= 15 is 0 Å². The average Bonchev–Trinajstić information content (AvgIpc) is 2.40. The van der Waals surface area contributed by atoms with Crippen LogP contribution in [0.15, 0.2) is 0 Å². The molecule has 2 saturated heterocycles. The summed E-state index contributed by atoms with van der Waals surface area (Å²) in [5.41, 5.74) is 0. The van der Waals surface area contributed by atoms with Gasteiger partial charge >= 0.3 is 0 Å². The molecular weight excluding hydrogens is 214 g/mol. The molecule has 17 heavy (non-hydrogen) atoms. The zero-order valence-corrected chi connectivity index (χ0v) is 11.1. The van der Waals surface area contributed by atoms with Crippen LogP contribution in [0.2, 0.25) is 0 Å². The van der Waals surface area contributed by atoms with Crippen LogP contribution in [0.25, 0.3) is 0 Å². The highest BCUT2D eigenvalue weighted by Crippen LogP contribution is 2.25. The fourth-order valence-electron chi connectivity index (χ4n) is 3.10. The normalized spacial score (nSPS) is 29.1. The molecular formula is C14H27NO2. The van der Waals surface area contributed by atoms with Crippen LogP contribution in [0.1, 0.15) is 45.4 Å². The Kier molecular flexibility index (Phi) is 5.75. The van der Waals surface area contributed by atoms with Gasteiger partial charge in [-0.2, -0.15) is 0 Å². The molecule has 1 N–H and O–H groups in total. The Morgan fingerprint density at radius 3 is 2.59 bits per heavy atom. The van der Waals surface area contributed by atoms with Crippen molar-refractivity contribution in [3.63, 3.8) is 0 Å². The summed E-state index contributed by atoms with van der Waals surface area (Å²) in [5.74, 6) is 0.786. The molecule has 2 aliphatic heterocycles. The predicted octanol–water partition coefficient (Wildman–Crippen LogP) is 2.35. The number of nitrogens with one attached hydrogen (secondary N) is 1. The number of hydrogen-bond donors (Lipinski definition) is 1. The molecule has 0 amide bonds. The van der Waals surface area contributed by atoms with Gasteiger partial charge in [-0.3, -0.25) is 0 Å². The SMILES string of the molecule is CCNC(CC1CCCCO1)C1CCOCC1. The van der Waals surface area contributed by atoms with Crippen LogP contribution in [0.3, 0.4) is 0 Å². The van der Waals surface area contributed by atoms with E-state index < -0.39 is 0 Å². The Morgan fingerprint density at radius 2 is 1.94 bits per heavy atom. The largest absolute Gasteiger partial charge is 0.381 e. The van der Waals surface area contributed by atoms with Gasteiger partial charge in [-0.15, -0.1) is 0 Å². The second-order valence-corrected chi connectivity index (χ2v) is 5.34. The molecule has 2 unspecified atom stereocenters. The fraction of sp³-hybridized carbons (Fsp3) is 1.00. The lowest BCUT2D eigenvalue weighted by Gasteiger charge is -2.34. The van der Waals surface area contributed by atoms with Gasteiger partial charge in [0.2, 0.25) is 0 Å². The summed E-state index contributed by atoms with van der Waals surface area (Å²) in [7, 11) is 0. The summed E-state index contributed by atoms with van der Waals surface area (Å²) in [6.07, 6.45) is 7.96. The molecule has 100 valence electrons. The number of ether oxygens (including phenoxy) is 2. The minimum Gasteiger partial charge on any atom is -0.381 e. The maximum Gasteiger partial charge on any atom is 0.0590 e. The smallest absolute Gasteiger partial charge is 0.0590 e. The molecule has 2 atom stereocenters. The van der Waals surface area contributed by atoms with Crippen molar-refractivity contribution in [3.05, 3.63) is 0 Å². The van der Waals surface area contributed by atoms with Crippen molar-refractivity contribution in [3.8, 4) is 0 Å². The van der Waals surface area contributed by atoms with Crippen molar-refractivity contribution in [2.24, 2.45) is 5.92 Å². The average molecular weight is 241 g/mol. The zero-order valence-electron chi connectivity index (χ0n) is 11.1. The first-order valence-electron chi connectivity index (χ1n) is 7.33. The third kappa shape index (κ3) is 4.23. The van der Waals surface area contributed by atoms with Crippen LogP contribution < -0.4 is 5.32 Å². The minimum atomic E-state index is 0.496. The van der Waals surface area contributed by atoms with Crippen molar-refractivity contribution < 1.29 is 9.47 Å². The summed E-state index contributed by atoms with van der Waals surface area (Å²) in [4.78, 5) is 0. The third-order valence-corrected chi connectivity index (χ3v) is 4.09. The van der Waals surface area contributed by atoms with E-state index in [0.29, 0.717) is 12.1 Å². The summed E-state index contributed by atoms with van der Waals surface area (Å²) < 4.78 is 11.3. The van der Waals surface area contributed by atoms with Gasteiger partial charge in [0, 0.05) is 25.9 Å². The molecule has 2 heterocycles. The lowest BCUT2D eigenvalue weighted by Crippen LogP contribution is -2.42. The Hall–Kier alpha value is -0.120. The van der Waals surface area contributed by atoms with Gasteiger partial charge in [0.05, 0.1) is 6.10 Å². The number of hydrogen-bond acceptors (Lipinski definition) is 3. The quantitative estimate of drug-likeness (QED) is 0.801. The van der Waals surface area contributed by atoms with Gasteiger partial charge in [0.25, 0.3) is 0 Å². The maximum absolute atomic E-state index is 5.87. The summed E-state index contributed by atoms with van der Waals surface area (Å²) in [6, 6.07) is 0.631. The molecule has 0 aromatic heterocycles. The minimum absolute atomic E-state index is 0.496. The Morgan fingerprint density at radius 1 is 1.12 bits per heavy atom. The van der Waals surface area contributed by atoms with Crippen LogP contribution in [-0.2, 0) is 9.47 Å². The molecule has 3 heteroatoms. The molecule has 0 saturated carbocycles. The summed E-state index contributed by atoms with van der Waals surface area (Å²) in [6.45, 7) is 6.12. The van der Waals surface area contributed by atoms with E-state index in [1.54, 1.807) is 0 Å². The molecule has 3 nitrogen and oxygen atoms in total. The predicted molar refractivity (Wildman–Crippen MR) is 69.2 cm³/mol. The van der Waals surface area contributed by atoms with Crippen LogP contribution in [0.5, 0.6) is 0 Å². The van der Waals surface area contributed by atoms with E-state index in [4.69, 9.17) is 9.47 Å². The van der Waals surface area contributed by atoms with Crippen LogP contribution in [0.4, 0.5) is 0 Å². The van der Waals surface area contributed by atoms with E-state index in [-0.39, 0.29) is 0 Å². The first-order valence-corrected chi connectivity index (χ1v) is 7.33. The van der Waals surface area contributed by atoms with Crippen molar-refractivity contribution in [1.82, 2.24) is 5.32 Å². The molecule has 0 aromatic rings. The Balaban J connectivity index is 1.81. The van der Waals surface area contributed by atoms with Crippen molar-refractivity contribution in [1.29, 1.82) is 0 Å². The zero-order chi connectivity index (χ0) is 11.9. The highest BCUT2D eigenvalue weighted by molar-refractivity contribution is 4.82. The van der Waals surface area contributed by atoms with E-state index in [1.165, 1.54) is 38.5 Å². The van der Waals surface area contributed by atoms with Crippen LogP contribution >= 0.6 is 0 Å². The molecule has 0 spiro atoms. The lowest BCUT2D eigenvalue weighted by atomic mass is 9.87. The van der Waals surface area contributed by atoms with E-state index in [1.807, 2.05) is 0 Å². The molecule has 0 aromatic carbocycles. The van der Waals surface area contributed by atoms with Gasteiger partial charge in [-0.05, 0) is 51.0 Å². The van der Waals surface area contributed by atoms with Gasteiger partial charge in [0.15, 0.2) is 0 Å². The second-order valence-electron chi connectivity index (χ2n) is 5.34. The Bertz CT molecular complexity index is 198. The van der Waals surface area contributed by atoms with E-state index in [9.17, 15) is 0 Å². The highest BCUT2D eigenvalue weighted by Gasteiger charge is 2.27. The summed E-state index contributed by atoms with van der Waals surface area (Å²) >= 11 is 0. The van der Waals surface area contributed by atoms with Crippen molar-refractivity contribution in [2.45, 2.75) is 57.6 Å². The van der Waals surface area contributed by atoms with E-state index in [2.05, 4.69) is 12.2 Å². The number of rotatable bonds is 5. The fourth-order valence-corrected chi connectivity index (χ4v) is 3.10. The molecule has 0 aliphatic carbocycles. The molecule has 2 aliphatic rings. The van der Waals surface area contributed by atoms with Crippen LogP contribution in [-0.4, -0.2) is 38.5 Å². The van der Waals surface area contributed by atoms with Gasteiger partial charge in [-0.1, -0.05) is 6.92 Å². The second kappa shape index (κ2) is 7.34. The topological polar surface area (TPSA) is 30.5 Å². The van der Waals surface area contributed by atoms with Gasteiger partial charge in [0.1, 0.15) is 0 Å². The van der Waals surface area contributed by atoms with E-state index in [0.717, 1.165) is 32.3 Å². The van der Waals surface area contributed by atoms with Crippen molar-refractivity contribution >= 4 is 0 Å². The highest BCUT2D eigenvalue weighted by atomic mass is 16.5. The first kappa shape index (κ1) is 13.3. The molecule has 2 rings (SSSR count). The first-order chi connectivity index (χ1) is 8.40. The Labute approximate surface area is 105 Å². The van der Waals surface area contributed by atoms with Gasteiger partial charge < -0.3 is 14.8 Å². The maximum atomic E-state index is 5.87.